The lowest BCUT2D eigenvalue weighted by atomic mass is 9.78. The summed E-state index contributed by atoms with van der Waals surface area (Å²) in [4.78, 5) is 0.0588. The van der Waals surface area contributed by atoms with Crippen molar-refractivity contribution in [3.8, 4) is 0 Å². The van der Waals surface area contributed by atoms with Crippen LogP contribution in [0.15, 0.2) is 29.2 Å². The van der Waals surface area contributed by atoms with E-state index in [2.05, 4.69) is 5.32 Å². The lowest BCUT2D eigenvalue weighted by molar-refractivity contribution is 0.218. The molecule has 2 aliphatic heterocycles. The van der Waals surface area contributed by atoms with Crippen LogP contribution in [-0.2, 0) is 10.0 Å². The predicted molar refractivity (Wildman–Crippen MR) is 81.6 cm³/mol. The molecule has 0 bridgehead atoms. The number of benzene rings is 1. The fourth-order valence-corrected chi connectivity index (χ4v) is 4.83. The molecule has 1 N–H and O–H groups in total. The monoisotopic (exact) mass is 334 g/mol. The number of sulfonamides is 1. The molecular weight excluding hydrogens is 315 g/mol. The van der Waals surface area contributed by atoms with E-state index in [1.54, 1.807) is 0 Å². The third kappa shape index (κ3) is 3.23. The van der Waals surface area contributed by atoms with Gasteiger partial charge in [-0.3, -0.25) is 0 Å². The van der Waals surface area contributed by atoms with Gasteiger partial charge >= 0.3 is 0 Å². The van der Waals surface area contributed by atoms with Crippen molar-refractivity contribution >= 4 is 22.4 Å². The molecule has 0 amide bonds. The molecule has 4 nitrogen and oxygen atoms in total. The van der Waals surface area contributed by atoms with Gasteiger partial charge in [-0.15, -0.1) is 12.4 Å². The molecule has 0 atom stereocenters. The lowest BCUT2D eigenvalue weighted by Crippen LogP contribution is -2.39. The average Bonchev–Trinajstić information content (AvgIpc) is 2.84. The second-order valence-electron chi connectivity index (χ2n) is 5.80. The second-order valence-corrected chi connectivity index (χ2v) is 7.73. The Hall–Kier alpha value is -0.690. The predicted octanol–water partition coefficient (Wildman–Crippen LogP) is 2.01. The van der Waals surface area contributed by atoms with Gasteiger partial charge in [-0.05, 0) is 56.0 Å². The van der Waals surface area contributed by atoms with Crippen LogP contribution in [0.1, 0.15) is 19.3 Å². The van der Waals surface area contributed by atoms with Crippen LogP contribution >= 0.6 is 12.4 Å². The summed E-state index contributed by atoms with van der Waals surface area (Å²) in [6.07, 6.45) is 2.94. The Morgan fingerprint density at radius 2 is 1.90 bits per heavy atom. The smallest absolute Gasteiger partial charge is 0.243 e. The van der Waals surface area contributed by atoms with Crippen molar-refractivity contribution in [2.24, 2.45) is 5.41 Å². The number of piperidine rings is 1. The van der Waals surface area contributed by atoms with Crippen LogP contribution in [0.25, 0.3) is 0 Å². The fraction of sp³-hybridized carbons (Fsp3) is 0.571. The van der Waals surface area contributed by atoms with Crippen LogP contribution in [0.3, 0.4) is 0 Å². The van der Waals surface area contributed by atoms with Crippen LogP contribution < -0.4 is 5.32 Å². The van der Waals surface area contributed by atoms with Gasteiger partial charge in [0.05, 0.1) is 4.90 Å². The zero-order valence-corrected chi connectivity index (χ0v) is 13.4. The van der Waals surface area contributed by atoms with Crippen molar-refractivity contribution in [2.45, 2.75) is 24.2 Å². The first-order valence-corrected chi connectivity index (χ1v) is 8.42. The lowest BCUT2D eigenvalue weighted by Gasteiger charge is -2.33. The van der Waals surface area contributed by atoms with Gasteiger partial charge in [0, 0.05) is 13.1 Å². The average molecular weight is 335 g/mol. The molecule has 1 aromatic rings. The van der Waals surface area contributed by atoms with Crippen molar-refractivity contribution in [1.29, 1.82) is 0 Å². The summed E-state index contributed by atoms with van der Waals surface area (Å²) in [6.45, 7) is 3.01. The number of hydrogen-bond donors (Lipinski definition) is 1. The summed E-state index contributed by atoms with van der Waals surface area (Å²) in [6, 6.07) is 5.27. The minimum absolute atomic E-state index is 0. The van der Waals surface area contributed by atoms with Crippen LogP contribution in [0.2, 0.25) is 0 Å². The molecule has 1 spiro atoms. The highest BCUT2D eigenvalue weighted by Gasteiger charge is 2.43. The van der Waals surface area contributed by atoms with Crippen molar-refractivity contribution < 1.29 is 12.8 Å². The zero-order valence-electron chi connectivity index (χ0n) is 11.7. The van der Waals surface area contributed by atoms with Crippen molar-refractivity contribution in [1.82, 2.24) is 9.62 Å². The maximum atomic E-state index is 13.2. The normalized spacial score (nSPS) is 22.1. The highest BCUT2D eigenvalue weighted by molar-refractivity contribution is 7.89. The number of nitrogens with one attached hydrogen (secondary N) is 1. The van der Waals surface area contributed by atoms with Gasteiger partial charge in [0.25, 0.3) is 0 Å². The number of halogens is 2. The Balaban J connectivity index is 0.00000161. The molecule has 1 aromatic carbocycles. The van der Waals surface area contributed by atoms with E-state index < -0.39 is 15.8 Å². The van der Waals surface area contributed by atoms with Gasteiger partial charge in [0.2, 0.25) is 10.0 Å². The molecule has 2 heterocycles. The number of hydrogen-bond acceptors (Lipinski definition) is 3. The molecule has 2 fully saturated rings. The maximum absolute atomic E-state index is 13.2. The SMILES string of the molecule is Cl.O=S(=O)(c1cccc(F)c1)N1CCC2(CCNCC2)C1. The van der Waals surface area contributed by atoms with E-state index in [4.69, 9.17) is 0 Å². The van der Waals surface area contributed by atoms with E-state index in [1.165, 1.54) is 22.5 Å². The van der Waals surface area contributed by atoms with Crippen molar-refractivity contribution in [3.63, 3.8) is 0 Å². The molecule has 7 heteroatoms. The fourth-order valence-electron chi connectivity index (χ4n) is 3.24. The molecule has 118 valence electrons. The van der Waals surface area contributed by atoms with Crippen LogP contribution in [0, 0.1) is 11.2 Å². The van der Waals surface area contributed by atoms with E-state index in [1.807, 2.05) is 0 Å². The summed E-state index contributed by atoms with van der Waals surface area (Å²) in [7, 11) is -3.56. The molecule has 0 unspecified atom stereocenters. The minimum atomic E-state index is -3.56. The first kappa shape index (κ1) is 16.7. The summed E-state index contributed by atoms with van der Waals surface area (Å²) in [5.74, 6) is -0.512. The Bertz CT molecular complexity index is 603. The van der Waals surface area contributed by atoms with Gasteiger partial charge in [-0.1, -0.05) is 6.07 Å². The Morgan fingerprint density at radius 1 is 1.19 bits per heavy atom. The Labute approximate surface area is 131 Å². The Kier molecular flexibility index (Phi) is 4.92. The summed E-state index contributed by atoms with van der Waals surface area (Å²) >= 11 is 0. The van der Waals surface area contributed by atoms with Gasteiger partial charge in [0.1, 0.15) is 5.82 Å². The van der Waals surface area contributed by atoms with Crippen molar-refractivity contribution in [3.05, 3.63) is 30.1 Å². The first-order valence-electron chi connectivity index (χ1n) is 6.98. The van der Waals surface area contributed by atoms with Crippen LogP contribution in [0.4, 0.5) is 4.39 Å². The van der Waals surface area contributed by atoms with E-state index in [0.29, 0.717) is 13.1 Å². The van der Waals surface area contributed by atoms with Crippen LogP contribution in [0.5, 0.6) is 0 Å². The summed E-state index contributed by atoms with van der Waals surface area (Å²) < 4.78 is 39.9. The molecule has 21 heavy (non-hydrogen) atoms. The summed E-state index contributed by atoms with van der Waals surface area (Å²) in [5, 5.41) is 3.31. The van der Waals surface area contributed by atoms with Crippen molar-refractivity contribution in [2.75, 3.05) is 26.2 Å². The van der Waals surface area contributed by atoms with Gasteiger partial charge < -0.3 is 5.32 Å². The highest BCUT2D eigenvalue weighted by atomic mass is 35.5. The van der Waals surface area contributed by atoms with Crippen LogP contribution in [-0.4, -0.2) is 38.9 Å². The highest BCUT2D eigenvalue weighted by Crippen LogP contribution is 2.40. The standard InChI is InChI=1S/C14H19FN2O2S.ClH/c15-12-2-1-3-13(10-12)20(18,19)17-9-6-14(11-17)4-7-16-8-5-14;/h1-3,10,16H,4-9,11H2;1H. The maximum Gasteiger partial charge on any atom is 0.243 e. The molecule has 2 saturated heterocycles. The third-order valence-electron chi connectivity index (χ3n) is 4.50. The Morgan fingerprint density at radius 3 is 2.57 bits per heavy atom. The van der Waals surface area contributed by atoms with Gasteiger partial charge in [0.15, 0.2) is 0 Å². The molecule has 0 aliphatic carbocycles. The molecule has 0 radical (unpaired) electrons. The quantitative estimate of drug-likeness (QED) is 0.900. The second kappa shape index (κ2) is 6.20. The third-order valence-corrected chi connectivity index (χ3v) is 6.34. The first-order chi connectivity index (χ1) is 9.52. The van der Waals surface area contributed by atoms with E-state index in [0.717, 1.165) is 38.4 Å². The molecule has 0 saturated carbocycles. The number of nitrogens with zero attached hydrogens (tertiary/aromatic N) is 1. The zero-order chi connectivity index (χ0) is 14.2. The van der Waals surface area contributed by atoms with E-state index in [-0.39, 0.29) is 22.7 Å². The van der Waals surface area contributed by atoms with E-state index >= 15 is 0 Å². The summed E-state index contributed by atoms with van der Waals surface area (Å²) in [5.41, 5.74) is 0.117. The minimum Gasteiger partial charge on any atom is -0.317 e. The molecule has 3 rings (SSSR count). The topological polar surface area (TPSA) is 49.4 Å². The van der Waals surface area contributed by atoms with E-state index in [9.17, 15) is 12.8 Å². The van der Waals surface area contributed by atoms with Gasteiger partial charge in [-0.25, -0.2) is 12.8 Å². The molecule has 0 aromatic heterocycles. The van der Waals surface area contributed by atoms with Gasteiger partial charge in [-0.2, -0.15) is 4.31 Å². The largest absolute Gasteiger partial charge is 0.317 e. The molecular formula is C14H20ClFN2O2S. The number of rotatable bonds is 2. The molecule has 2 aliphatic rings.